The van der Waals surface area contributed by atoms with Crippen LogP contribution in [0.5, 0.6) is 0 Å². The number of nitrogens with one attached hydrogen (secondary N) is 2. The Morgan fingerprint density at radius 3 is 2.10 bits per heavy atom. The van der Waals surface area contributed by atoms with E-state index in [4.69, 9.17) is 0 Å². The van der Waals surface area contributed by atoms with Crippen LogP contribution in [-0.2, 0) is 19.6 Å². The van der Waals surface area contributed by atoms with Crippen LogP contribution >= 0.6 is 0 Å². The summed E-state index contributed by atoms with van der Waals surface area (Å²) in [7, 11) is 0. The lowest BCUT2D eigenvalue weighted by atomic mass is 10.1. The lowest BCUT2D eigenvalue weighted by Crippen LogP contribution is -2.30. The molecule has 0 fully saturated rings. The van der Waals surface area contributed by atoms with Crippen molar-refractivity contribution in [1.29, 1.82) is 0 Å². The number of carbonyl (C=O) groups is 2. The molecule has 0 saturated carbocycles. The molecule has 0 aliphatic carbocycles. The average Bonchev–Trinajstić information content (AvgIpc) is 3.18. The molecule has 1 aliphatic rings. The van der Waals surface area contributed by atoms with Gasteiger partial charge in [-0.25, -0.2) is 9.18 Å². The van der Waals surface area contributed by atoms with Crippen molar-refractivity contribution in [3.8, 4) is 0 Å². The van der Waals surface area contributed by atoms with Crippen molar-refractivity contribution in [2.24, 2.45) is 0 Å². The van der Waals surface area contributed by atoms with Gasteiger partial charge in [0.1, 0.15) is 5.82 Å². The van der Waals surface area contributed by atoms with E-state index in [0.29, 0.717) is 30.9 Å². The zero-order chi connectivity index (χ0) is 20.2. The second-order valence-corrected chi connectivity index (χ2v) is 6.94. The molecule has 1 heterocycles. The summed E-state index contributed by atoms with van der Waals surface area (Å²) in [5, 5.41) is 5.66. The van der Waals surface area contributed by atoms with Crippen LogP contribution in [0.4, 0.5) is 14.9 Å². The molecule has 3 aromatic carbocycles. The summed E-state index contributed by atoms with van der Waals surface area (Å²) in [6, 6.07) is 20.5. The van der Waals surface area contributed by atoms with Crippen LogP contribution in [0.3, 0.4) is 0 Å². The van der Waals surface area contributed by atoms with Crippen LogP contribution in [-0.4, -0.2) is 16.8 Å². The van der Waals surface area contributed by atoms with Crippen molar-refractivity contribution >= 4 is 17.6 Å². The van der Waals surface area contributed by atoms with Crippen molar-refractivity contribution < 1.29 is 14.0 Å². The van der Waals surface area contributed by atoms with Gasteiger partial charge in [-0.15, -0.1) is 0 Å². The normalized spacial score (nSPS) is 12.4. The molecule has 3 aromatic rings. The second-order valence-electron chi connectivity index (χ2n) is 6.94. The van der Waals surface area contributed by atoms with Gasteiger partial charge in [-0.1, -0.05) is 36.4 Å². The molecule has 0 spiro atoms. The van der Waals surface area contributed by atoms with E-state index in [0.717, 1.165) is 16.7 Å². The number of amides is 3. The van der Waals surface area contributed by atoms with Gasteiger partial charge in [0.05, 0.1) is 0 Å². The molecule has 0 bridgehead atoms. The van der Waals surface area contributed by atoms with Crippen LogP contribution in [0.2, 0.25) is 0 Å². The van der Waals surface area contributed by atoms with E-state index in [-0.39, 0.29) is 17.8 Å². The van der Waals surface area contributed by atoms with Crippen molar-refractivity contribution in [3.05, 3.63) is 101 Å². The molecule has 146 valence electrons. The smallest absolute Gasteiger partial charge is 0.322 e. The highest BCUT2D eigenvalue weighted by Crippen LogP contribution is 2.23. The standard InChI is InChI=1S/C23H20FN3O2/c24-20-9-5-16(6-10-20)13-25-22(28)17-7-11-21(12-8-17)26-23(29)27-14-18-3-1-2-4-19(18)15-27/h1-12H,13-15H2,(H,25,28)(H,26,29). The predicted molar refractivity (Wildman–Crippen MR) is 109 cm³/mol. The second kappa shape index (κ2) is 8.14. The van der Waals surface area contributed by atoms with Crippen molar-refractivity contribution in [1.82, 2.24) is 10.2 Å². The number of rotatable bonds is 4. The van der Waals surface area contributed by atoms with Gasteiger partial charge in [0, 0.05) is 30.9 Å². The lowest BCUT2D eigenvalue weighted by molar-refractivity contribution is 0.0951. The van der Waals surface area contributed by atoms with E-state index in [1.54, 1.807) is 41.3 Å². The first-order valence-corrected chi connectivity index (χ1v) is 9.34. The number of urea groups is 1. The van der Waals surface area contributed by atoms with Crippen LogP contribution < -0.4 is 10.6 Å². The molecule has 3 amide bonds. The fourth-order valence-corrected chi connectivity index (χ4v) is 3.27. The van der Waals surface area contributed by atoms with Crippen LogP contribution in [0.1, 0.15) is 27.0 Å². The summed E-state index contributed by atoms with van der Waals surface area (Å²) in [6.45, 7) is 1.49. The Bertz CT molecular complexity index is 1010. The van der Waals surface area contributed by atoms with E-state index in [9.17, 15) is 14.0 Å². The Balaban J connectivity index is 1.31. The van der Waals surface area contributed by atoms with Crippen LogP contribution in [0.15, 0.2) is 72.8 Å². The molecule has 29 heavy (non-hydrogen) atoms. The lowest BCUT2D eigenvalue weighted by Gasteiger charge is -2.16. The Labute approximate surface area is 168 Å². The molecule has 4 rings (SSSR count). The minimum absolute atomic E-state index is 0.172. The van der Waals surface area contributed by atoms with Gasteiger partial charge >= 0.3 is 6.03 Å². The monoisotopic (exact) mass is 389 g/mol. The zero-order valence-corrected chi connectivity index (χ0v) is 15.7. The summed E-state index contributed by atoms with van der Waals surface area (Å²) < 4.78 is 12.9. The van der Waals surface area contributed by atoms with Gasteiger partial charge in [0.25, 0.3) is 5.91 Å². The maximum atomic E-state index is 12.9. The first-order chi connectivity index (χ1) is 14.1. The highest BCUT2D eigenvalue weighted by atomic mass is 19.1. The molecule has 6 heteroatoms. The van der Waals surface area contributed by atoms with Gasteiger partial charge < -0.3 is 15.5 Å². The number of hydrogen-bond donors (Lipinski definition) is 2. The highest BCUT2D eigenvalue weighted by molar-refractivity contribution is 5.95. The molecule has 0 atom stereocenters. The van der Waals surface area contributed by atoms with Crippen molar-refractivity contribution in [2.75, 3.05) is 5.32 Å². The molecule has 0 aromatic heterocycles. The third-order valence-corrected chi connectivity index (χ3v) is 4.89. The van der Waals surface area contributed by atoms with Gasteiger partial charge in [-0.3, -0.25) is 4.79 Å². The summed E-state index contributed by atoms with van der Waals surface area (Å²) in [4.78, 5) is 26.5. The maximum Gasteiger partial charge on any atom is 0.322 e. The SMILES string of the molecule is O=C(NCc1ccc(F)cc1)c1ccc(NC(=O)N2Cc3ccccc3C2)cc1. The predicted octanol–water partition coefficient (Wildman–Crippen LogP) is 4.30. The average molecular weight is 389 g/mol. The summed E-state index contributed by atoms with van der Waals surface area (Å²) in [5.74, 6) is -0.544. The molecule has 1 aliphatic heterocycles. The van der Waals surface area contributed by atoms with Crippen molar-refractivity contribution in [2.45, 2.75) is 19.6 Å². The van der Waals surface area contributed by atoms with Gasteiger partial charge in [-0.05, 0) is 53.1 Å². The van der Waals surface area contributed by atoms with E-state index in [2.05, 4.69) is 10.6 Å². The molecule has 5 nitrogen and oxygen atoms in total. The number of hydrogen-bond acceptors (Lipinski definition) is 2. The Hall–Kier alpha value is -3.67. The number of anilines is 1. The molecule has 0 saturated heterocycles. The Kier molecular flexibility index (Phi) is 5.24. The summed E-state index contributed by atoms with van der Waals surface area (Å²) >= 11 is 0. The fourth-order valence-electron chi connectivity index (χ4n) is 3.27. The van der Waals surface area contributed by atoms with E-state index < -0.39 is 0 Å². The quantitative estimate of drug-likeness (QED) is 0.699. The zero-order valence-electron chi connectivity index (χ0n) is 15.7. The largest absolute Gasteiger partial charge is 0.348 e. The third-order valence-electron chi connectivity index (χ3n) is 4.89. The summed E-state index contributed by atoms with van der Waals surface area (Å²) in [6.07, 6.45) is 0. The molecular formula is C23H20FN3O2. The number of nitrogens with zero attached hydrogens (tertiary/aromatic N) is 1. The Morgan fingerprint density at radius 2 is 1.48 bits per heavy atom. The summed E-state index contributed by atoms with van der Waals surface area (Å²) in [5.41, 5.74) is 4.25. The number of fused-ring (bicyclic) bond motifs is 1. The molecule has 2 N–H and O–H groups in total. The Morgan fingerprint density at radius 1 is 0.862 bits per heavy atom. The maximum absolute atomic E-state index is 12.9. The number of benzene rings is 3. The first-order valence-electron chi connectivity index (χ1n) is 9.34. The number of halogens is 1. The minimum atomic E-state index is -0.310. The number of carbonyl (C=O) groups excluding carboxylic acids is 2. The fraction of sp³-hybridized carbons (Fsp3) is 0.130. The van der Waals surface area contributed by atoms with Gasteiger partial charge in [-0.2, -0.15) is 0 Å². The molecular weight excluding hydrogens is 369 g/mol. The van der Waals surface area contributed by atoms with Crippen molar-refractivity contribution in [3.63, 3.8) is 0 Å². The van der Waals surface area contributed by atoms with Gasteiger partial charge in [0.15, 0.2) is 0 Å². The highest BCUT2D eigenvalue weighted by Gasteiger charge is 2.22. The van der Waals surface area contributed by atoms with Gasteiger partial charge in [0.2, 0.25) is 0 Å². The topological polar surface area (TPSA) is 61.4 Å². The van der Waals surface area contributed by atoms with E-state index in [1.807, 2.05) is 24.3 Å². The first kappa shape index (κ1) is 18.7. The van der Waals surface area contributed by atoms with Crippen LogP contribution in [0.25, 0.3) is 0 Å². The van der Waals surface area contributed by atoms with Crippen LogP contribution in [0, 0.1) is 5.82 Å². The van der Waals surface area contributed by atoms with E-state index >= 15 is 0 Å². The molecule has 0 radical (unpaired) electrons. The van der Waals surface area contributed by atoms with E-state index in [1.165, 1.54) is 12.1 Å². The molecule has 0 unspecified atom stereocenters. The third kappa shape index (κ3) is 4.43. The minimum Gasteiger partial charge on any atom is -0.348 e.